The number of phenols is 6. The molecule has 0 spiro atoms. The zero-order valence-electron chi connectivity index (χ0n) is 29.0. The van der Waals surface area contributed by atoms with Crippen LogP contribution in [0.3, 0.4) is 0 Å². The van der Waals surface area contributed by atoms with Crippen LogP contribution in [-0.2, 0) is 31.9 Å². The molecule has 54 heavy (non-hydrogen) atoms. The van der Waals surface area contributed by atoms with Crippen LogP contribution in [0, 0.1) is 0 Å². The summed E-state index contributed by atoms with van der Waals surface area (Å²) in [6.07, 6.45) is 0.127. The summed E-state index contributed by atoms with van der Waals surface area (Å²) in [7, 11) is 0. The van der Waals surface area contributed by atoms with Gasteiger partial charge in [-0.25, -0.2) is 0 Å². The Morgan fingerprint density at radius 3 is 1.24 bits per heavy atom. The lowest BCUT2D eigenvalue weighted by Gasteiger charge is -2.19. The van der Waals surface area contributed by atoms with Gasteiger partial charge in [0.2, 0.25) is 11.8 Å². The molecule has 286 valence electrons. The molecule has 0 heterocycles. The molecule has 0 radical (unpaired) electrons. The average molecular weight is 747 g/mol. The van der Waals surface area contributed by atoms with Crippen LogP contribution < -0.4 is 21.3 Å². The zero-order chi connectivity index (χ0) is 39.0. The van der Waals surface area contributed by atoms with E-state index in [2.05, 4.69) is 21.3 Å². The average Bonchev–Trinajstić information content (AvgIpc) is 3.15. The third-order valence-corrected chi connectivity index (χ3v) is 7.98. The second-order valence-electron chi connectivity index (χ2n) is 11.9. The van der Waals surface area contributed by atoms with Crippen molar-refractivity contribution in [2.45, 2.75) is 24.9 Å². The van der Waals surface area contributed by atoms with Gasteiger partial charge in [0.15, 0.2) is 23.0 Å². The maximum atomic E-state index is 13.1. The van der Waals surface area contributed by atoms with Crippen molar-refractivity contribution >= 4 is 23.6 Å². The van der Waals surface area contributed by atoms with Crippen molar-refractivity contribution in [3.8, 4) is 34.5 Å². The maximum absolute atomic E-state index is 13.1. The van der Waals surface area contributed by atoms with Crippen molar-refractivity contribution < 1.29 is 59.3 Å². The van der Waals surface area contributed by atoms with Crippen molar-refractivity contribution in [3.63, 3.8) is 0 Å². The molecule has 0 aliphatic heterocycles. The van der Waals surface area contributed by atoms with Crippen molar-refractivity contribution in [3.05, 3.63) is 107 Å². The number of aromatic hydroxyl groups is 6. The first-order chi connectivity index (χ1) is 25.9. The number of carbonyl (C=O) groups excluding carboxylic acids is 4. The van der Waals surface area contributed by atoms with E-state index in [4.69, 9.17) is 9.47 Å². The SMILES string of the molecule is O=C(N[C@@H](Cc1ccc(O)cc1)C(=O)NCCOCCOCCNC(=O)[C@H](Cc1ccc(O)cc1)NC(=O)c1cccc(O)c1O)c1cccc(O)c1O. The van der Waals surface area contributed by atoms with Crippen molar-refractivity contribution in [2.24, 2.45) is 0 Å². The van der Waals surface area contributed by atoms with Crippen molar-refractivity contribution in [1.82, 2.24) is 21.3 Å². The minimum Gasteiger partial charge on any atom is -0.508 e. The van der Waals surface area contributed by atoms with E-state index in [0.717, 1.165) is 0 Å². The Kier molecular flexibility index (Phi) is 14.8. The van der Waals surface area contributed by atoms with Crippen LogP contribution >= 0.6 is 0 Å². The molecular weight excluding hydrogens is 704 g/mol. The van der Waals surface area contributed by atoms with Crippen LogP contribution in [0.5, 0.6) is 34.5 Å². The van der Waals surface area contributed by atoms with E-state index in [0.29, 0.717) is 11.1 Å². The Morgan fingerprint density at radius 2 is 0.870 bits per heavy atom. The number of rotatable bonds is 19. The molecule has 0 bridgehead atoms. The molecule has 0 aliphatic rings. The zero-order valence-corrected chi connectivity index (χ0v) is 29.0. The van der Waals surface area contributed by atoms with Gasteiger partial charge in [0.25, 0.3) is 11.8 Å². The monoisotopic (exact) mass is 746 g/mol. The summed E-state index contributed by atoms with van der Waals surface area (Å²) >= 11 is 0. The molecule has 0 saturated carbocycles. The molecule has 4 rings (SSSR count). The maximum Gasteiger partial charge on any atom is 0.255 e. The standard InChI is InChI=1S/C38H42N4O12/c43-25-11-7-23(8-12-25)21-29(41-35(49)27-3-1-5-31(45)33(27)47)37(51)39-15-17-53-19-20-54-18-16-40-38(52)30(22-24-9-13-26(44)14-10-24)42-36(50)28-4-2-6-32(46)34(28)48/h1-14,29-30,43-48H,15-22H2,(H,39,51)(H,40,52)(H,41,49)(H,42,50)/t29-,30-/m0/s1. The molecule has 0 aromatic heterocycles. The lowest BCUT2D eigenvalue weighted by Crippen LogP contribution is -2.48. The number of para-hydroxylation sites is 2. The van der Waals surface area contributed by atoms with Crippen LogP contribution in [-0.4, -0.2) is 106 Å². The van der Waals surface area contributed by atoms with Crippen LogP contribution in [0.25, 0.3) is 0 Å². The van der Waals surface area contributed by atoms with E-state index in [-0.39, 0.29) is 75.0 Å². The fourth-order valence-corrected chi connectivity index (χ4v) is 5.12. The minimum atomic E-state index is -1.07. The van der Waals surface area contributed by atoms with Gasteiger partial charge in [-0.1, -0.05) is 36.4 Å². The molecule has 0 aliphatic carbocycles. The predicted octanol–water partition coefficient (Wildman–Crippen LogP) is 1.57. The normalized spacial score (nSPS) is 11.9. The summed E-state index contributed by atoms with van der Waals surface area (Å²) in [5.74, 6) is -4.79. The quantitative estimate of drug-likeness (QED) is 0.0485. The number of hydrogen-bond acceptors (Lipinski definition) is 12. The molecule has 4 aromatic rings. The molecule has 0 fully saturated rings. The molecule has 16 nitrogen and oxygen atoms in total. The van der Waals surface area contributed by atoms with Crippen molar-refractivity contribution in [1.29, 1.82) is 0 Å². The Bertz CT molecular complexity index is 1750. The molecule has 16 heteroatoms. The smallest absolute Gasteiger partial charge is 0.255 e. The second-order valence-corrected chi connectivity index (χ2v) is 11.9. The van der Waals surface area contributed by atoms with E-state index in [1.165, 1.54) is 60.7 Å². The molecule has 0 saturated heterocycles. The summed E-state index contributed by atoms with van der Waals surface area (Å²) in [6.45, 7) is 0.687. The fourth-order valence-electron chi connectivity index (χ4n) is 5.12. The Hall–Kier alpha value is -6.52. The summed E-state index contributed by atoms with van der Waals surface area (Å²) in [4.78, 5) is 51.9. The number of amides is 4. The molecule has 2 atom stereocenters. The minimum absolute atomic E-state index is 0.0326. The largest absolute Gasteiger partial charge is 0.508 e. The first-order valence-electron chi connectivity index (χ1n) is 16.8. The number of benzene rings is 4. The van der Waals surface area contributed by atoms with Gasteiger partial charge in [-0.05, 0) is 59.7 Å². The molecular formula is C38H42N4O12. The van der Waals surface area contributed by atoms with Gasteiger partial charge >= 0.3 is 0 Å². The molecule has 10 N–H and O–H groups in total. The van der Waals surface area contributed by atoms with Gasteiger partial charge in [-0.2, -0.15) is 0 Å². The van der Waals surface area contributed by atoms with E-state index in [1.54, 1.807) is 24.3 Å². The lowest BCUT2D eigenvalue weighted by molar-refractivity contribution is -0.124. The molecule has 4 amide bonds. The van der Waals surface area contributed by atoms with Gasteiger partial charge in [0, 0.05) is 25.9 Å². The summed E-state index contributed by atoms with van der Waals surface area (Å²) in [6, 6.07) is 17.8. The van der Waals surface area contributed by atoms with Crippen LogP contribution in [0.2, 0.25) is 0 Å². The van der Waals surface area contributed by atoms with E-state index >= 15 is 0 Å². The highest BCUT2D eigenvalue weighted by Crippen LogP contribution is 2.29. The predicted molar refractivity (Wildman–Crippen MR) is 193 cm³/mol. The van der Waals surface area contributed by atoms with E-state index in [1.807, 2.05) is 0 Å². The Labute approximate surface area is 310 Å². The second kappa shape index (κ2) is 19.9. The summed E-state index contributed by atoms with van der Waals surface area (Å²) in [5.41, 5.74) is 0.856. The number of phenolic OH excluding ortho intramolecular Hbond substituents is 6. The summed E-state index contributed by atoms with van der Waals surface area (Å²) < 4.78 is 11.0. The van der Waals surface area contributed by atoms with Crippen molar-refractivity contribution in [2.75, 3.05) is 39.5 Å². The fraction of sp³-hybridized carbons (Fsp3) is 0.263. The molecule has 0 unspecified atom stereocenters. The van der Waals surface area contributed by atoms with Gasteiger partial charge in [0.1, 0.15) is 23.6 Å². The highest BCUT2D eigenvalue weighted by molar-refractivity contribution is 6.01. The highest BCUT2D eigenvalue weighted by Gasteiger charge is 2.25. The number of ether oxygens (including phenoxy) is 2. The number of carbonyl (C=O) groups is 4. The first kappa shape index (κ1) is 40.3. The third-order valence-electron chi connectivity index (χ3n) is 7.98. The first-order valence-corrected chi connectivity index (χ1v) is 16.8. The third kappa shape index (κ3) is 12.0. The van der Waals surface area contributed by atoms with Gasteiger partial charge in [-0.3, -0.25) is 19.2 Å². The highest BCUT2D eigenvalue weighted by atomic mass is 16.5. The number of nitrogens with one attached hydrogen (secondary N) is 4. The topological polar surface area (TPSA) is 256 Å². The summed E-state index contributed by atoms with van der Waals surface area (Å²) in [5, 5.41) is 69.4. The lowest BCUT2D eigenvalue weighted by atomic mass is 10.0. The Morgan fingerprint density at radius 1 is 0.500 bits per heavy atom. The van der Waals surface area contributed by atoms with Gasteiger partial charge in [-0.15, -0.1) is 0 Å². The number of hydrogen-bond donors (Lipinski definition) is 10. The van der Waals surface area contributed by atoms with E-state index < -0.39 is 58.7 Å². The molecule has 4 aromatic carbocycles. The Balaban J connectivity index is 1.19. The van der Waals surface area contributed by atoms with Crippen LogP contribution in [0.15, 0.2) is 84.9 Å². The van der Waals surface area contributed by atoms with Gasteiger partial charge < -0.3 is 61.4 Å². The van der Waals surface area contributed by atoms with Crippen LogP contribution in [0.4, 0.5) is 0 Å². The van der Waals surface area contributed by atoms with Crippen LogP contribution in [0.1, 0.15) is 31.8 Å². The van der Waals surface area contributed by atoms with E-state index in [9.17, 15) is 49.8 Å². The van der Waals surface area contributed by atoms with Gasteiger partial charge in [0.05, 0.1) is 37.6 Å².